The van der Waals surface area contributed by atoms with Crippen LogP contribution in [-0.2, 0) is 4.79 Å². The molecule has 0 fully saturated rings. The van der Waals surface area contributed by atoms with E-state index in [0.29, 0.717) is 0 Å². The number of nitrogens with zero attached hydrogens (tertiary/aromatic N) is 1. The van der Waals surface area contributed by atoms with Crippen molar-refractivity contribution in [1.29, 1.82) is 0 Å². The second-order valence-corrected chi connectivity index (χ2v) is 0.619. The molecule has 0 saturated heterocycles. The number of rotatable bonds is 0. The van der Waals surface area contributed by atoms with Gasteiger partial charge in [0.2, 0.25) is 0 Å². The Kier molecular flexibility index (Phi) is 22.6. The maximum absolute atomic E-state index is 9.40. The van der Waals surface area contributed by atoms with Crippen molar-refractivity contribution < 1.29 is 66.9 Å². The van der Waals surface area contributed by atoms with E-state index >= 15 is 0 Å². The fraction of sp³-hybridized carbons (Fsp3) is 0.500. The summed E-state index contributed by atoms with van der Waals surface area (Å²) in [6.45, 7) is 1.17. The van der Waals surface area contributed by atoms with Crippen LogP contribution in [0.4, 0.5) is 0 Å². The van der Waals surface area contributed by atoms with Gasteiger partial charge in [-0.25, -0.2) is 0 Å². The molecule has 0 aromatic carbocycles. The minimum atomic E-state index is -0.565. The molecule has 0 aromatic rings. The summed E-state index contributed by atoms with van der Waals surface area (Å²) in [6, 6.07) is 0. The van der Waals surface area contributed by atoms with E-state index in [1.807, 2.05) is 0 Å². The van der Waals surface area contributed by atoms with Crippen LogP contribution >= 0.6 is 0 Å². The van der Waals surface area contributed by atoms with E-state index in [-0.39, 0.29) is 56.9 Å². The molecule has 0 aliphatic rings. The molecule has 0 unspecified atom stereocenters. The van der Waals surface area contributed by atoms with Crippen molar-refractivity contribution in [2.75, 3.05) is 0 Å². The maximum atomic E-state index is 9.40. The van der Waals surface area contributed by atoms with Gasteiger partial charge in [0.05, 0.1) is 5.91 Å². The Morgan fingerprint density at radius 2 is 1.86 bits per heavy atom. The molecule has 5 heteroatoms. The quantitative estimate of drug-likeness (QED) is 0.210. The smallest absolute Gasteiger partial charge is 0.534 e. The van der Waals surface area contributed by atoms with Crippen LogP contribution in [0.1, 0.15) is 6.92 Å². The number of amides is 1. The summed E-state index contributed by atoms with van der Waals surface area (Å²) >= 11 is 0. The van der Waals surface area contributed by atoms with E-state index in [2.05, 4.69) is 5.48 Å². The van der Waals surface area contributed by atoms with Crippen LogP contribution in [-0.4, -0.2) is 16.6 Å². The van der Waals surface area contributed by atoms with Crippen LogP contribution in [0.2, 0.25) is 0 Å². The van der Waals surface area contributed by atoms with E-state index in [0.717, 1.165) is 0 Å². The van der Waals surface area contributed by atoms with E-state index in [1.54, 1.807) is 0 Å². The van der Waals surface area contributed by atoms with Crippen molar-refractivity contribution in [2.45, 2.75) is 6.92 Å². The van der Waals surface area contributed by atoms with Crippen LogP contribution in [0.25, 0.3) is 5.48 Å². The first-order valence-electron chi connectivity index (χ1n) is 1.13. The molecule has 0 spiro atoms. The first-order chi connectivity index (χ1) is 2.27. The second-order valence-electron chi connectivity index (χ2n) is 0.619. The van der Waals surface area contributed by atoms with Crippen molar-refractivity contribution in [2.24, 2.45) is 0 Å². The topological polar surface area (TPSA) is 82.9 Å². The van der Waals surface area contributed by atoms with Crippen LogP contribution in [0.3, 0.4) is 0 Å². The van der Waals surface area contributed by atoms with E-state index in [4.69, 9.17) is 5.21 Å². The minimum Gasteiger partial charge on any atom is -0.534 e. The second kappa shape index (κ2) is 10.1. The summed E-state index contributed by atoms with van der Waals surface area (Å²) in [5.41, 5.74) is 2.25. The third-order valence-electron chi connectivity index (χ3n) is 0.141. The summed E-state index contributed by atoms with van der Waals surface area (Å²) < 4.78 is 0. The summed E-state index contributed by atoms with van der Waals surface area (Å²) in [7, 11) is 0. The summed E-state index contributed by atoms with van der Waals surface area (Å²) in [6.07, 6.45) is 0. The molecule has 0 radical (unpaired) electrons. The van der Waals surface area contributed by atoms with Crippen LogP contribution in [0.15, 0.2) is 0 Å². The maximum Gasteiger partial charge on any atom is 1.00 e. The average Bonchev–Trinajstić information content (AvgIpc) is 1.38. The first kappa shape index (κ1) is 15.7. The fourth-order valence-electron chi connectivity index (χ4n) is 0. The molecule has 3 N–H and O–H groups in total. The van der Waals surface area contributed by atoms with Crippen molar-refractivity contribution in [3.05, 3.63) is 5.48 Å². The molecule has 0 rings (SSSR count). The molecule has 4 nitrogen and oxygen atoms in total. The Labute approximate surface area is 84.0 Å². The van der Waals surface area contributed by atoms with Crippen LogP contribution in [0, 0.1) is 0 Å². The number of carbonyl (C=O) groups is 1. The average molecular weight is 131 g/mol. The Morgan fingerprint density at radius 1 is 1.71 bits per heavy atom. The number of carbonyl (C=O) groups excluding carboxylic acids is 1. The van der Waals surface area contributed by atoms with Gasteiger partial charge in [-0.3, -0.25) is 0 Å². The van der Waals surface area contributed by atoms with Gasteiger partial charge >= 0.3 is 51.4 Å². The minimum absolute atomic E-state index is 0. The Hall–Kier alpha value is 1.03. The standard InChI is InChI=1S/C2H5NO2.K.H2O/c1-2(4)3-5;;/h1H3,(H2,3,4,5);;1H2/q;+1;/p-1. The van der Waals surface area contributed by atoms with Gasteiger partial charge in [-0.2, -0.15) is 0 Å². The van der Waals surface area contributed by atoms with Gasteiger partial charge in [0.25, 0.3) is 0 Å². The molecule has 0 aromatic heterocycles. The van der Waals surface area contributed by atoms with E-state index < -0.39 is 5.91 Å². The largest absolute Gasteiger partial charge is 1.00 e. The zero-order chi connectivity index (χ0) is 4.28. The van der Waals surface area contributed by atoms with Crippen LogP contribution < -0.4 is 51.4 Å². The van der Waals surface area contributed by atoms with Gasteiger partial charge in [-0.15, -0.1) is 0 Å². The van der Waals surface area contributed by atoms with Gasteiger partial charge in [0.1, 0.15) is 0 Å². The number of hydrogen-bond donors (Lipinski definition) is 1. The third-order valence-corrected chi connectivity index (χ3v) is 0.141. The first-order valence-corrected chi connectivity index (χ1v) is 1.13. The van der Waals surface area contributed by atoms with Gasteiger partial charge in [-0.05, 0) is 6.92 Å². The van der Waals surface area contributed by atoms with Gasteiger partial charge < -0.3 is 21.0 Å². The summed E-state index contributed by atoms with van der Waals surface area (Å²) in [5, 5.41) is 7.42. The fourth-order valence-corrected chi connectivity index (χ4v) is 0. The summed E-state index contributed by atoms with van der Waals surface area (Å²) in [5.74, 6) is -0.565. The molecule has 1 amide bonds. The zero-order valence-corrected chi connectivity index (χ0v) is 7.43. The molecular weight excluding hydrogens is 125 g/mol. The molecule has 0 saturated carbocycles. The molecule has 0 bridgehead atoms. The predicted molar refractivity (Wildman–Crippen MR) is 19.4 cm³/mol. The molecule has 7 heavy (non-hydrogen) atoms. The van der Waals surface area contributed by atoms with Gasteiger partial charge in [0.15, 0.2) is 0 Å². The van der Waals surface area contributed by atoms with Crippen molar-refractivity contribution >= 4 is 5.91 Å². The summed E-state index contributed by atoms with van der Waals surface area (Å²) in [4.78, 5) is 9.40. The van der Waals surface area contributed by atoms with E-state index in [9.17, 15) is 4.79 Å². The molecule has 0 aliphatic carbocycles. The molecule has 38 valence electrons. The van der Waals surface area contributed by atoms with Crippen molar-refractivity contribution in [1.82, 2.24) is 0 Å². The predicted octanol–water partition coefficient (Wildman–Crippen LogP) is -3.52. The third kappa shape index (κ3) is 19.4. The molecule has 0 atom stereocenters. The Balaban J connectivity index is -0.0000000800. The normalized spacial score (nSPS) is 4.86. The molecule has 0 aliphatic heterocycles. The Bertz CT molecular complexity index is 48.2. The Morgan fingerprint density at radius 3 is 1.86 bits per heavy atom. The van der Waals surface area contributed by atoms with Crippen molar-refractivity contribution in [3.63, 3.8) is 0 Å². The van der Waals surface area contributed by atoms with Gasteiger partial charge in [-0.1, -0.05) is 0 Å². The van der Waals surface area contributed by atoms with Crippen LogP contribution in [0.5, 0.6) is 0 Å². The number of hydroxylamine groups is 1. The van der Waals surface area contributed by atoms with E-state index in [1.165, 1.54) is 6.92 Å². The SMILES string of the molecule is CC(=O)[N-]O.O.[K+]. The van der Waals surface area contributed by atoms with Crippen molar-refractivity contribution in [3.8, 4) is 0 Å². The molecule has 0 heterocycles. The monoisotopic (exact) mass is 131 g/mol. The van der Waals surface area contributed by atoms with Gasteiger partial charge in [0, 0.05) is 0 Å². The molecular formula is C2H6KNO3. The number of hydrogen-bond acceptors (Lipinski definition) is 2. The zero-order valence-electron chi connectivity index (χ0n) is 4.30.